The first-order valence-corrected chi connectivity index (χ1v) is 13.7. The summed E-state index contributed by atoms with van der Waals surface area (Å²) in [5, 5.41) is 28.1. The lowest BCUT2D eigenvalue weighted by Gasteiger charge is -2.25. The zero-order chi connectivity index (χ0) is 28.4. The Morgan fingerprint density at radius 2 is 1.76 bits per heavy atom. The van der Waals surface area contributed by atoms with Crippen LogP contribution in [0.4, 0.5) is 5.69 Å². The summed E-state index contributed by atoms with van der Waals surface area (Å²) in [4.78, 5) is 73.8. The molecule has 2 rings (SSSR count). The number of amides is 4. The maximum atomic E-state index is 13.3. The molecule has 0 spiro atoms. The van der Waals surface area contributed by atoms with Crippen molar-refractivity contribution < 1.29 is 34.0 Å². The minimum atomic E-state index is -1.37. The van der Waals surface area contributed by atoms with E-state index in [1.807, 2.05) is 22.6 Å². The molecule has 8 N–H and O–H groups in total. The van der Waals surface area contributed by atoms with E-state index in [1.165, 1.54) is 6.07 Å². The van der Waals surface area contributed by atoms with Crippen molar-refractivity contribution in [2.24, 2.45) is 11.5 Å². The highest BCUT2D eigenvalue weighted by molar-refractivity contribution is 14.1. The third-order valence-electron chi connectivity index (χ3n) is 5.65. The predicted octanol–water partition coefficient (Wildman–Crippen LogP) is 0.242. The number of nitrogens with one attached hydrogen (secondary N) is 3. The van der Waals surface area contributed by atoms with Crippen LogP contribution >= 0.6 is 34.4 Å². The highest BCUT2D eigenvalue weighted by Crippen LogP contribution is 2.33. The van der Waals surface area contributed by atoms with Gasteiger partial charge in [0.15, 0.2) is 0 Å². The number of carboxylic acid groups (broad SMARTS) is 1. The number of thioether (sulfide) groups is 1. The number of primary amides is 1. The van der Waals surface area contributed by atoms with Crippen molar-refractivity contribution in [3.05, 3.63) is 31.4 Å². The van der Waals surface area contributed by atoms with Crippen molar-refractivity contribution in [1.82, 2.24) is 16.0 Å². The van der Waals surface area contributed by atoms with Gasteiger partial charge < -0.3 is 32.5 Å². The number of nitro groups is 1. The molecule has 0 aromatic heterocycles. The van der Waals surface area contributed by atoms with Crippen LogP contribution in [0.1, 0.15) is 48.9 Å². The van der Waals surface area contributed by atoms with Crippen molar-refractivity contribution in [3.8, 4) is 0 Å². The van der Waals surface area contributed by atoms with E-state index >= 15 is 0 Å². The van der Waals surface area contributed by atoms with E-state index in [4.69, 9.17) is 16.6 Å². The molecule has 1 aromatic carbocycles. The Balaban J connectivity index is 2.54. The van der Waals surface area contributed by atoms with E-state index in [1.54, 1.807) is 0 Å². The van der Waals surface area contributed by atoms with E-state index < -0.39 is 59.1 Å². The second kappa shape index (κ2) is 14.8. The lowest BCUT2D eigenvalue weighted by molar-refractivity contribution is -0.385. The number of fused-ring (bicyclic) bond motifs is 1. The van der Waals surface area contributed by atoms with Crippen molar-refractivity contribution in [1.29, 1.82) is 0 Å². The van der Waals surface area contributed by atoms with Crippen LogP contribution in [0, 0.1) is 13.7 Å². The number of unbranched alkanes of at least 4 members (excludes halogenated alkanes) is 1. The Morgan fingerprint density at radius 3 is 2.37 bits per heavy atom. The summed E-state index contributed by atoms with van der Waals surface area (Å²) in [6.45, 7) is 0.352. The van der Waals surface area contributed by atoms with Gasteiger partial charge in [0, 0.05) is 32.8 Å². The summed E-state index contributed by atoms with van der Waals surface area (Å²) in [5.74, 6) is -4.10. The molecule has 0 fully saturated rings. The van der Waals surface area contributed by atoms with Crippen LogP contribution in [0.25, 0.3) is 0 Å². The number of nitrogens with zero attached hydrogens (tertiary/aromatic N) is 1. The number of hydrogen-bond donors (Lipinski definition) is 6. The number of carbonyl (C=O) groups excluding carboxylic acids is 4. The molecule has 16 heteroatoms. The van der Waals surface area contributed by atoms with E-state index in [0.29, 0.717) is 27.9 Å². The number of nitrogens with two attached hydrogens (primary N) is 2. The fourth-order valence-electron chi connectivity index (χ4n) is 3.64. The fraction of sp³-hybridized carbons (Fsp3) is 0.500. The predicted molar refractivity (Wildman–Crippen MR) is 145 cm³/mol. The van der Waals surface area contributed by atoms with Gasteiger partial charge in [0.05, 0.1) is 10.5 Å². The molecule has 1 aromatic rings. The summed E-state index contributed by atoms with van der Waals surface area (Å²) in [6.07, 6.45) is 0.506. The Bertz CT molecular complexity index is 1100. The molecule has 1 aliphatic heterocycles. The van der Waals surface area contributed by atoms with Gasteiger partial charge >= 0.3 is 5.97 Å². The van der Waals surface area contributed by atoms with Crippen LogP contribution in [-0.2, 0) is 19.2 Å². The maximum absolute atomic E-state index is 13.3. The minimum Gasteiger partial charge on any atom is -0.481 e. The molecule has 0 bridgehead atoms. The normalized spacial score (nSPS) is 20.8. The molecule has 1 aliphatic rings. The average molecular weight is 664 g/mol. The molecular formula is C22H29IN6O8S. The molecule has 0 saturated heterocycles. The monoisotopic (exact) mass is 664 g/mol. The molecule has 208 valence electrons. The Hall–Kier alpha value is -2.99. The molecule has 4 amide bonds. The van der Waals surface area contributed by atoms with Crippen LogP contribution in [0.2, 0.25) is 0 Å². The van der Waals surface area contributed by atoms with E-state index in [0.717, 1.165) is 17.8 Å². The van der Waals surface area contributed by atoms with Gasteiger partial charge in [-0.2, -0.15) is 0 Å². The Kier molecular flexibility index (Phi) is 12.2. The number of carbonyl (C=O) groups is 5. The Labute approximate surface area is 235 Å². The molecule has 3 atom stereocenters. The quantitative estimate of drug-likeness (QED) is 0.0910. The van der Waals surface area contributed by atoms with Crippen molar-refractivity contribution >= 4 is 69.6 Å². The van der Waals surface area contributed by atoms with Gasteiger partial charge in [-0.3, -0.25) is 34.1 Å². The summed E-state index contributed by atoms with van der Waals surface area (Å²) in [6, 6.07) is -1.21. The zero-order valence-corrected chi connectivity index (χ0v) is 23.2. The van der Waals surface area contributed by atoms with Crippen LogP contribution < -0.4 is 27.4 Å². The molecule has 1 heterocycles. The lowest BCUT2D eigenvalue weighted by atomic mass is 10.0. The molecule has 0 aliphatic carbocycles. The SMILES string of the molecule is NCCCC[C@@H]1NC(=O)[C@H](CCC(=O)O)NC(=O)c2cc([N+](=O)[O-])cc(I)c2SCC[C@@H](C(N)=O)NC1=O. The van der Waals surface area contributed by atoms with E-state index in [-0.39, 0.29) is 36.3 Å². The van der Waals surface area contributed by atoms with Gasteiger partial charge in [-0.1, -0.05) is 0 Å². The number of hydrogen-bond acceptors (Lipinski definition) is 9. The minimum absolute atomic E-state index is 0.0852. The zero-order valence-electron chi connectivity index (χ0n) is 20.2. The summed E-state index contributed by atoms with van der Waals surface area (Å²) in [7, 11) is 0. The average Bonchev–Trinajstić information content (AvgIpc) is 2.84. The molecule has 0 radical (unpaired) electrons. The smallest absolute Gasteiger partial charge is 0.303 e. The third-order valence-corrected chi connectivity index (χ3v) is 8.03. The van der Waals surface area contributed by atoms with Gasteiger partial charge in [-0.05, 0) is 61.2 Å². The first-order valence-electron chi connectivity index (χ1n) is 11.7. The first-order chi connectivity index (χ1) is 17.9. The van der Waals surface area contributed by atoms with Crippen LogP contribution in [0.5, 0.6) is 0 Å². The lowest BCUT2D eigenvalue weighted by Crippen LogP contribution is -2.56. The van der Waals surface area contributed by atoms with Gasteiger partial charge in [-0.15, -0.1) is 11.8 Å². The van der Waals surface area contributed by atoms with Crippen molar-refractivity contribution in [2.45, 2.75) is 61.5 Å². The highest BCUT2D eigenvalue weighted by atomic mass is 127. The van der Waals surface area contributed by atoms with Crippen LogP contribution in [0.3, 0.4) is 0 Å². The topological polar surface area (TPSA) is 237 Å². The Morgan fingerprint density at radius 1 is 1.11 bits per heavy atom. The molecule has 14 nitrogen and oxygen atoms in total. The maximum Gasteiger partial charge on any atom is 0.303 e. The first kappa shape index (κ1) is 31.2. The number of halogens is 1. The third kappa shape index (κ3) is 9.09. The molecule has 0 saturated carbocycles. The van der Waals surface area contributed by atoms with Gasteiger partial charge in [0.25, 0.3) is 11.6 Å². The summed E-state index contributed by atoms with van der Waals surface area (Å²) < 4.78 is 0.380. The van der Waals surface area contributed by atoms with Crippen molar-refractivity contribution in [2.75, 3.05) is 12.3 Å². The van der Waals surface area contributed by atoms with Crippen LogP contribution in [-0.4, -0.2) is 70.1 Å². The largest absolute Gasteiger partial charge is 0.481 e. The van der Waals surface area contributed by atoms with Crippen LogP contribution in [0.15, 0.2) is 17.0 Å². The van der Waals surface area contributed by atoms with Crippen molar-refractivity contribution in [3.63, 3.8) is 0 Å². The summed E-state index contributed by atoms with van der Waals surface area (Å²) >= 11 is 2.96. The van der Waals surface area contributed by atoms with Gasteiger partial charge in [0.2, 0.25) is 17.7 Å². The number of carboxylic acids is 1. The second-order valence-corrected chi connectivity index (χ2v) is 10.7. The standard InChI is InChI=1S/C22H29IN6O8S/c23-13-10-11(29(36)37)9-12-18(13)38-8-6-14(19(25)32)26-21(34)15(3-1-2-7-24)28-22(35)16(27-20(12)33)4-5-17(30)31/h9-10,14-16H,1-8,24H2,(H2,25,32)(H,26,34)(H,27,33)(H,28,35)(H,30,31)/t14-,15-,16-/m0/s1. The molecule has 0 unspecified atom stereocenters. The number of nitro benzene ring substituents is 1. The highest BCUT2D eigenvalue weighted by Gasteiger charge is 2.31. The molecular weight excluding hydrogens is 635 g/mol. The van der Waals surface area contributed by atoms with Gasteiger partial charge in [-0.25, -0.2) is 0 Å². The molecule has 38 heavy (non-hydrogen) atoms. The fourth-order valence-corrected chi connectivity index (χ4v) is 5.78. The number of aliphatic carboxylic acids is 1. The van der Waals surface area contributed by atoms with E-state index in [9.17, 15) is 34.1 Å². The number of non-ortho nitro benzene ring substituents is 1. The van der Waals surface area contributed by atoms with Gasteiger partial charge in [0.1, 0.15) is 18.1 Å². The second-order valence-electron chi connectivity index (χ2n) is 8.47. The van der Waals surface area contributed by atoms with E-state index in [2.05, 4.69) is 16.0 Å². The summed E-state index contributed by atoms with van der Waals surface area (Å²) in [5.41, 5.74) is 10.6. The number of benzene rings is 1. The number of rotatable bonds is 9.